The summed E-state index contributed by atoms with van der Waals surface area (Å²) >= 11 is 0. The van der Waals surface area contributed by atoms with Gasteiger partial charge in [-0.3, -0.25) is 4.68 Å². The topological polar surface area (TPSA) is 90.0 Å². The smallest absolute Gasteiger partial charge is 0.211 e. The highest BCUT2D eigenvalue weighted by Crippen LogP contribution is 1.97. The van der Waals surface area contributed by atoms with Crippen LogP contribution in [-0.2, 0) is 16.6 Å². The summed E-state index contributed by atoms with van der Waals surface area (Å²) in [4.78, 5) is 0. The Kier molecular flexibility index (Phi) is 4.75. The van der Waals surface area contributed by atoms with E-state index in [1.165, 1.54) is 6.20 Å². The predicted octanol–water partition coefficient (Wildman–Crippen LogP) is 0.185. The molecule has 7 heteroatoms. The average Bonchev–Trinajstić information content (AvgIpc) is 2.61. The second kappa shape index (κ2) is 5.86. The van der Waals surface area contributed by atoms with Crippen LogP contribution in [0.4, 0.5) is 5.69 Å². The predicted molar refractivity (Wildman–Crippen MR) is 63.3 cm³/mol. The van der Waals surface area contributed by atoms with Crippen LogP contribution in [0.5, 0.6) is 0 Å². The zero-order chi connectivity index (χ0) is 12.0. The van der Waals surface area contributed by atoms with Gasteiger partial charge < -0.3 is 5.73 Å². The quantitative estimate of drug-likeness (QED) is 0.718. The molecule has 0 radical (unpaired) electrons. The molecule has 0 fully saturated rings. The average molecular weight is 246 g/mol. The molecule has 3 N–H and O–H groups in total. The standard InChI is InChI=1S/C9H18N4O2S/c1-2-3-6-16(14,15)12-4-5-13-8-9(10)7-11-13/h7-8,12H,2-6,10H2,1H3. The third kappa shape index (κ3) is 4.63. The van der Waals surface area contributed by atoms with E-state index in [0.717, 1.165) is 6.42 Å². The normalized spacial score (nSPS) is 11.8. The van der Waals surface area contributed by atoms with Crippen LogP contribution in [0.15, 0.2) is 12.4 Å². The van der Waals surface area contributed by atoms with Crippen LogP contribution in [0.2, 0.25) is 0 Å². The summed E-state index contributed by atoms with van der Waals surface area (Å²) in [5.74, 6) is 0.185. The van der Waals surface area contributed by atoms with Crippen LogP contribution in [-0.4, -0.2) is 30.5 Å². The highest BCUT2D eigenvalue weighted by atomic mass is 32.2. The maximum atomic E-state index is 11.4. The highest BCUT2D eigenvalue weighted by Gasteiger charge is 2.08. The van der Waals surface area contributed by atoms with Crippen molar-refractivity contribution in [3.63, 3.8) is 0 Å². The van der Waals surface area contributed by atoms with E-state index in [2.05, 4.69) is 9.82 Å². The Morgan fingerprint density at radius 2 is 2.31 bits per heavy atom. The van der Waals surface area contributed by atoms with Gasteiger partial charge >= 0.3 is 0 Å². The first-order valence-electron chi connectivity index (χ1n) is 5.29. The highest BCUT2D eigenvalue weighted by molar-refractivity contribution is 7.89. The Labute approximate surface area is 95.9 Å². The van der Waals surface area contributed by atoms with E-state index in [1.807, 2.05) is 6.92 Å². The summed E-state index contributed by atoms with van der Waals surface area (Å²) < 4.78 is 27.0. The first-order chi connectivity index (χ1) is 7.53. The number of rotatable bonds is 7. The van der Waals surface area contributed by atoms with Crippen LogP contribution in [0.1, 0.15) is 19.8 Å². The molecule has 0 saturated heterocycles. The van der Waals surface area contributed by atoms with Crippen molar-refractivity contribution in [3.8, 4) is 0 Å². The number of nitrogens with zero attached hydrogens (tertiary/aromatic N) is 2. The van der Waals surface area contributed by atoms with Crippen molar-refractivity contribution >= 4 is 15.7 Å². The molecule has 0 atom stereocenters. The fourth-order valence-corrected chi connectivity index (χ4v) is 2.44. The molecule has 0 bridgehead atoms. The second-order valence-corrected chi connectivity index (χ2v) is 5.53. The van der Waals surface area contributed by atoms with Crippen LogP contribution in [0, 0.1) is 0 Å². The van der Waals surface area contributed by atoms with E-state index in [4.69, 9.17) is 5.73 Å². The number of nitrogens with two attached hydrogens (primary N) is 1. The Morgan fingerprint density at radius 3 is 2.88 bits per heavy atom. The van der Waals surface area contributed by atoms with Crippen LogP contribution in [0.25, 0.3) is 0 Å². The molecule has 1 heterocycles. The van der Waals surface area contributed by atoms with Gasteiger partial charge in [0.05, 0.1) is 24.2 Å². The summed E-state index contributed by atoms with van der Waals surface area (Å²) in [6, 6.07) is 0. The maximum Gasteiger partial charge on any atom is 0.211 e. The Balaban J connectivity index is 2.29. The van der Waals surface area contributed by atoms with E-state index in [1.54, 1.807) is 10.9 Å². The SMILES string of the molecule is CCCCS(=O)(=O)NCCn1cc(N)cn1. The molecule has 0 spiro atoms. The lowest BCUT2D eigenvalue weighted by Crippen LogP contribution is -2.29. The molecule has 92 valence electrons. The molecule has 1 rings (SSSR count). The number of unbranched alkanes of at least 4 members (excludes halogenated alkanes) is 1. The summed E-state index contributed by atoms with van der Waals surface area (Å²) in [7, 11) is -3.13. The van der Waals surface area contributed by atoms with Gasteiger partial charge in [-0.15, -0.1) is 0 Å². The fourth-order valence-electron chi connectivity index (χ4n) is 1.22. The Bertz CT molecular complexity index is 413. The molecule has 6 nitrogen and oxygen atoms in total. The molecule has 0 aliphatic rings. The molecule has 1 aromatic rings. The molecule has 0 amide bonds. The lowest BCUT2D eigenvalue weighted by Gasteiger charge is -2.05. The molecular weight excluding hydrogens is 228 g/mol. The minimum atomic E-state index is -3.13. The first kappa shape index (κ1) is 13.0. The number of hydrogen-bond acceptors (Lipinski definition) is 4. The van der Waals surface area contributed by atoms with Gasteiger partial charge in [0.25, 0.3) is 0 Å². The van der Waals surface area contributed by atoms with Crippen molar-refractivity contribution in [2.45, 2.75) is 26.3 Å². The van der Waals surface area contributed by atoms with Gasteiger partial charge in [-0.25, -0.2) is 13.1 Å². The van der Waals surface area contributed by atoms with E-state index in [9.17, 15) is 8.42 Å². The molecule has 16 heavy (non-hydrogen) atoms. The molecule has 0 unspecified atom stereocenters. The van der Waals surface area contributed by atoms with Crippen LogP contribution >= 0.6 is 0 Å². The summed E-state index contributed by atoms with van der Waals surface area (Å²) in [5, 5.41) is 3.95. The van der Waals surface area contributed by atoms with Gasteiger partial charge in [0.15, 0.2) is 0 Å². The van der Waals surface area contributed by atoms with Crippen molar-refractivity contribution in [1.29, 1.82) is 0 Å². The monoisotopic (exact) mass is 246 g/mol. The minimum Gasteiger partial charge on any atom is -0.396 e. The number of hydrogen-bond donors (Lipinski definition) is 2. The first-order valence-corrected chi connectivity index (χ1v) is 6.94. The second-order valence-electron chi connectivity index (χ2n) is 3.60. The van der Waals surface area contributed by atoms with Gasteiger partial charge in [0.2, 0.25) is 10.0 Å². The summed E-state index contributed by atoms with van der Waals surface area (Å²) in [5.41, 5.74) is 6.06. The van der Waals surface area contributed by atoms with Crippen molar-refractivity contribution in [3.05, 3.63) is 12.4 Å². The van der Waals surface area contributed by atoms with E-state index in [0.29, 0.717) is 25.2 Å². The Morgan fingerprint density at radius 1 is 1.56 bits per heavy atom. The van der Waals surface area contributed by atoms with Gasteiger partial charge in [0.1, 0.15) is 0 Å². The van der Waals surface area contributed by atoms with E-state index in [-0.39, 0.29) is 5.75 Å². The lowest BCUT2D eigenvalue weighted by atomic mass is 10.4. The van der Waals surface area contributed by atoms with Crippen LogP contribution < -0.4 is 10.5 Å². The lowest BCUT2D eigenvalue weighted by molar-refractivity contribution is 0.558. The van der Waals surface area contributed by atoms with E-state index >= 15 is 0 Å². The van der Waals surface area contributed by atoms with Crippen molar-refractivity contribution in [2.24, 2.45) is 0 Å². The summed E-state index contributed by atoms with van der Waals surface area (Å²) in [6.45, 7) is 2.79. The van der Waals surface area contributed by atoms with Gasteiger partial charge in [0, 0.05) is 12.7 Å². The Hall–Kier alpha value is -1.08. The maximum absolute atomic E-state index is 11.4. The van der Waals surface area contributed by atoms with Gasteiger partial charge in [-0.2, -0.15) is 5.10 Å². The van der Waals surface area contributed by atoms with Crippen LogP contribution in [0.3, 0.4) is 0 Å². The van der Waals surface area contributed by atoms with Crippen molar-refractivity contribution in [1.82, 2.24) is 14.5 Å². The molecule has 0 aromatic carbocycles. The molecule has 0 aliphatic heterocycles. The van der Waals surface area contributed by atoms with Crippen molar-refractivity contribution < 1.29 is 8.42 Å². The zero-order valence-corrected chi connectivity index (χ0v) is 10.2. The number of aromatic nitrogens is 2. The van der Waals surface area contributed by atoms with E-state index < -0.39 is 10.0 Å². The minimum absolute atomic E-state index is 0.185. The third-order valence-corrected chi connectivity index (χ3v) is 3.55. The van der Waals surface area contributed by atoms with Gasteiger partial charge in [-0.05, 0) is 6.42 Å². The largest absolute Gasteiger partial charge is 0.396 e. The molecule has 1 aromatic heterocycles. The number of nitrogen functional groups attached to an aromatic ring is 1. The summed E-state index contributed by atoms with van der Waals surface area (Å²) in [6.07, 6.45) is 4.76. The fraction of sp³-hybridized carbons (Fsp3) is 0.667. The molecular formula is C9H18N4O2S. The number of anilines is 1. The number of sulfonamides is 1. The third-order valence-electron chi connectivity index (χ3n) is 2.08. The van der Waals surface area contributed by atoms with Gasteiger partial charge in [-0.1, -0.05) is 13.3 Å². The zero-order valence-electron chi connectivity index (χ0n) is 9.39. The molecule has 0 aliphatic carbocycles. The molecule has 0 saturated carbocycles. The number of nitrogens with one attached hydrogen (secondary N) is 1. The van der Waals surface area contributed by atoms with Crippen molar-refractivity contribution in [2.75, 3.05) is 18.0 Å².